The lowest BCUT2D eigenvalue weighted by atomic mass is 10.1. The molecule has 8 heteroatoms. The van der Waals surface area contributed by atoms with Crippen LogP contribution in [0.2, 0.25) is 0 Å². The highest BCUT2D eigenvalue weighted by molar-refractivity contribution is 7.80. The van der Waals surface area contributed by atoms with Crippen LogP contribution in [0.4, 0.5) is 0 Å². The number of nitrogens with zero attached hydrogens (tertiary/aromatic N) is 3. The van der Waals surface area contributed by atoms with E-state index in [0.717, 1.165) is 16.9 Å². The number of hydrazine groups is 1. The smallest absolute Gasteiger partial charge is 0.359 e. The molecule has 1 aromatic heterocycles. The van der Waals surface area contributed by atoms with E-state index in [2.05, 4.69) is 10.5 Å². The van der Waals surface area contributed by atoms with Crippen molar-refractivity contribution in [3.63, 3.8) is 0 Å². The van der Waals surface area contributed by atoms with E-state index in [0.29, 0.717) is 36.9 Å². The molecule has 0 saturated heterocycles. The van der Waals surface area contributed by atoms with Crippen molar-refractivity contribution in [1.82, 2.24) is 20.1 Å². The molecule has 0 fully saturated rings. The molecule has 7 nitrogen and oxygen atoms in total. The predicted molar refractivity (Wildman–Crippen MR) is 98.3 cm³/mol. The standard InChI is InChI=1S/C17H21N5O2S/c1-3-24-16(23)15-13-10-21(17(25)19-18)9-8-14(13)22(20-15)12-6-4-11(2)5-7-12/h4-7H,3,8-10,18H2,1-2H3,(H,19,25). The van der Waals surface area contributed by atoms with Gasteiger partial charge in [0, 0.05) is 25.1 Å². The van der Waals surface area contributed by atoms with Crippen LogP contribution in [-0.4, -0.2) is 38.9 Å². The first-order valence-corrected chi connectivity index (χ1v) is 8.56. The summed E-state index contributed by atoms with van der Waals surface area (Å²) in [5.74, 6) is 5.02. The predicted octanol–water partition coefficient (Wildman–Crippen LogP) is 1.46. The highest BCUT2D eigenvalue weighted by Crippen LogP contribution is 2.26. The molecule has 0 atom stereocenters. The molecule has 3 rings (SSSR count). The Morgan fingerprint density at radius 1 is 1.40 bits per heavy atom. The Labute approximate surface area is 151 Å². The topological polar surface area (TPSA) is 85.4 Å². The van der Waals surface area contributed by atoms with Crippen molar-refractivity contribution in [3.8, 4) is 5.69 Å². The summed E-state index contributed by atoms with van der Waals surface area (Å²) in [5, 5.41) is 5.00. The number of nitrogens with one attached hydrogen (secondary N) is 1. The van der Waals surface area contributed by atoms with Gasteiger partial charge in [0.15, 0.2) is 10.8 Å². The number of carbonyl (C=O) groups excluding carboxylic acids is 1. The molecule has 1 aliphatic rings. The molecule has 1 aromatic carbocycles. The molecule has 0 spiro atoms. The third-order valence-corrected chi connectivity index (χ3v) is 4.59. The molecule has 25 heavy (non-hydrogen) atoms. The summed E-state index contributed by atoms with van der Waals surface area (Å²) in [4.78, 5) is 14.3. The number of benzene rings is 1. The van der Waals surface area contributed by atoms with Gasteiger partial charge in [-0.15, -0.1) is 0 Å². The van der Waals surface area contributed by atoms with Crippen LogP contribution in [0, 0.1) is 6.92 Å². The fraction of sp³-hybridized carbons (Fsp3) is 0.353. The van der Waals surface area contributed by atoms with E-state index >= 15 is 0 Å². The summed E-state index contributed by atoms with van der Waals surface area (Å²) in [7, 11) is 0. The van der Waals surface area contributed by atoms with Crippen molar-refractivity contribution in [3.05, 3.63) is 46.8 Å². The van der Waals surface area contributed by atoms with Gasteiger partial charge in [0.05, 0.1) is 18.0 Å². The van der Waals surface area contributed by atoms with E-state index in [1.807, 2.05) is 40.8 Å². The monoisotopic (exact) mass is 359 g/mol. The second-order valence-electron chi connectivity index (χ2n) is 5.86. The van der Waals surface area contributed by atoms with Crippen molar-refractivity contribution in [1.29, 1.82) is 0 Å². The Morgan fingerprint density at radius 3 is 2.76 bits per heavy atom. The zero-order chi connectivity index (χ0) is 18.0. The summed E-state index contributed by atoms with van der Waals surface area (Å²) in [6.07, 6.45) is 0.706. The highest BCUT2D eigenvalue weighted by Gasteiger charge is 2.30. The fourth-order valence-electron chi connectivity index (χ4n) is 2.95. The molecule has 0 aliphatic carbocycles. The second kappa shape index (κ2) is 7.20. The van der Waals surface area contributed by atoms with Gasteiger partial charge in [-0.05, 0) is 38.2 Å². The Kier molecular flexibility index (Phi) is 5.00. The van der Waals surface area contributed by atoms with Gasteiger partial charge in [-0.25, -0.2) is 15.3 Å². The molecule has 0 saturated carbocycles. The van der Waals surface area contributed by atoms with E-state index in [1.54, 1.807) is 6.92 Å². The number of nitrogens with two attached hydrogens (primary N) is 1. The SMILES string of the molecule is CCOC(=O)c1nn(-c2ccc(C)cc2)c2c1CN(C(=S)NN)CC2. The molecule has 2 aromatic rings. The first-order chi connectivity index (χ1) is 12.0. The van der Waals surface area contributed by atoms with Gasteiger partial charge in [0.25, 0.3) is 0 Å². The van der Waals surface area contributed by atoms with Crippen molar-refractivity contribution in [2.75, 3.05) is 13.2 Å². The third-order valence-electron chi connectivity index (χ3n) is 4.22. The largest absolute Gasteiger partial charge is 0.461 e. The Morgan fingerprint density at radius 2 is 2.12 bits per heavy atom. The molecule has 0 bridgehead atoms. The number of thiocarbonyl (C=S) groups is 1. The van der Waals surface area contributed by atoms with Crippen LogP contribution in [0.15, 0.2) is 24.3 Å². The average Bonchev–Trinajstić information content (AvgIpc) is 3.01. The summed E-state index contributed by atoms with van der Waals surface area (Å²) in [5.41, 5.74) is 6.76. The molecule has 1 aliphatic heterocycles. The maximum absolute atomic E-state index is 12.4. The zero-order valence-electron chi connectivity index (χ0n) is 14.3. The lowest BCUT2D eigenvalue weighted by molar-refractivity contribution is 0.0517. The van der Waals surface area contributed by atoms with E-state index in [9.17, 15) is 4.79 Å². The zero-order valence-corrected chi connectivity index (χ0v) is 15.1. The van der Waals surface area contributed by atoms with E-state index in [4.69, 9.17) is 22.8 Å². The molecule has 0 amide bonds. The number of hydrogen-bond donors (Lipinski definition) is 2. The second-order valence-corrected chi connectivity index (χ2v) is 6.25. The number of esters is 1. The van der Waals surface area contributed by atoms with Gasteiger partial charge in [-0.2, -0.15) is 5.10 Å². The average molecular weight is 359 g/mol. The van der Waals surface area contributed by atoms with Crippen molar-refractivity contribution < 1.29 is 9.53 Å². The van der Waals surface area contributed by atoms with Crippen LogP contribution in [0.1, 0.15) is 34.2 Å². The number of carbonyl (C=O) groups is 1. The Balaban J connectivity index is 2.05. The first kappa shape index (κ1) is 17.4. The minimum Gasteiger partial charge on any atom is -0.461 e. The van der Waals surface area contributed by atoms with Crippen LogP contribution in [0.5, 0.6) is 0 Å². The summed E-state index contributed by atoms with van der Waals surface area (Å²) in [6, 6.07) is 8.04. The minimum atomic E-state index is -0.418. The first-order valence-electron chi connectivity index (χ1n) is 8.15. The highest BCUT2D eigenvalue weighted by atomic mass is 32.1. The van der Waals surface area contributed by atoms with Gasteiger partial charge in [-0.3, -0.25) is 0 Å². The Bertz CT molecular complexity index is 800. The molecular formula is C17H21N5O2S. The molecule has 0 radical (unpaired) electrons. The molecule has 0 unspecified atom stereocenters. The summed E-state index contributed by atoms with van der Waals surface area (Å²) >= 11 is 5.23. The van der Waals surface area contributed by atoms with Gasteiger partial charge in [0.1, 0.15) is 0 Å². The van der Waals surface area contributed by atoms with E-state index in [1.165, 1.54) is 5.56 Å². The molecule has 2 heterocycles. The van der Waals surface area contributed by atoms with Crippen molar-refractivity contribution in [2.24, 2.45) is 5.84 Å². The number of hydrogen-bond acceptors (Lipinski definition) is 5. The van der Waals surface area contributed by atoms with E-state index in [-0.39, 0.29) is 0 Å². The van der Waals surface area contributed by atoms with Crippen LogP contribution in [0.3, 0.4) is 0 Å². The number of aryl methyl sites for hydroxylation is 1. The van der Waals surface area contributed by atoms with Crippen molar-refractivity contribution >= 4 is 23.3 Å². The van der Waals surface area contributed by atoms with E-state index < -0.39 is 5.97 Å². The Hall–Kier alpha value is -2.45. The normalized spacial score (nSPS) is 13.3. The minimum absolute atomic E-state index is 0.303. The molecular weight excluding hydrogens is 338 g/mol. The van der Waals surface area contributed by atoms with Crippen LogP contribution < -0.4 is 11.3 Å². The number of fused-ring (bicyclic) bond motifs is 1. The van der Waals surface area contributed by atoms with Gasteiger partial charge in [-0.1, -0.05) is 17.7 Å². The molecule has 3 N–H and O–H groups in total. The lowest BCUT2D eigenvalue weighted by Crippen LogP contribution is -2.45. The van der Waals surface area contributed by atoms with Gasteiger partial charge >= 0.3 is 5.97 Å². The summed E-state index contributed by atoms with van der Waals surface area (Å²) in [6.45, 7) is 5.29. The maximum Gasteiger partial charge on any atom is 0.359 e. The van der Waals surface area contributed by atoms with Crippen LogP contribution in [-0.2, 0) is 17.7 Å². The lowest BCUT2D eigenvalue weighted by Gasteiger charge is -2.29. The van der Waals surface area contributed by atoms with Gasteiger partial charge in [0.2, 0.25) is 0 Å². The van der Waals surface area contributed by atoms with Gasteiger partial charge < -0.3 is 15.1 Å². The van der Waals surface area contributed by atoms with Crippen LogP contribution >= 0.6 is 12.2 Å². The number of rotatable bonds is 3. The fourth-order valence-corrected chi connectivity index (χ4v) is 3.10. The summed E-state index contributed by atoms with van der Waals surface area (Å²) < 4.78 is 7.01. The van der Waals surface area contributed by atoms with Crippen LogP contribution in [0.25, 0.3) is 5.69 Å². The number of aromatic nitrogens is 2. The quantitative estimate of drug-likeness (QED) is 0.371. The molecule has 132 valence electrons. The van der Waals surface area contributed by atoms with Crippen molar-refractivity contribution in [2.45, 2.75) is 26.8 Å². The number of ether oxygens (including phenoxy) is 1. The third kappa shape index (κ3) is 3.35. The maximum atomic E-state index is 12.4.